The van der Waals surface area contributed by atoms with Crippen LogP contribution in [0.15, 0.2) is 24.3 Å². The zero-order valence-electron chi connectivity index (χ0n) is 12.0. The Kier molecular flexibility index (Phi) is 4.84. The van der Waals surface area contributed by atoms with Gasteiger partial charge in [-0.05, 0) is 37.1 Å². The molecule has 1 fully saturated rings. The monoisotopic (exact) mass is 277 g/mol. The molecule has 1 aromatic carbocycles. The molecule has 5 nitrogen and oxygen atoms in total. The van der Waals surface area contributed by atoms with E-state index in [4.69, 9.17) is 5.73 Å². The quantitative estimate of drug-likeness (QED) is 0.866. The molecule has 1 saturated heterocycles. The highest BCUT2D eigenvalue weighted by atomic mass is 16.3. The first kappa shape index (κ1) is 14.7. The zero-order chi connectivity index (χ0) is 14.5. The van der Waals surface area contributed by atoms with E-state index < -0.39 is 0 Å². The Morgan fingerprint density at radius 1 is 1.35 bits per heavy atom. The lowest BCUT2D eigenvalue weighted by atomic mass is 10.1. The third-order valence-corrected chi connectivity index (χ3v) is 3.84. The highest BCUT2D eigenvalue weighted by Crippen LogP contribution is 2.17. The number of benzene rings is 1. The van der Waals surface area contributed by atoms with Crippen LogP contribution in [0.3, 0.4) is 0 Å². The Bertz CT molecular complexity index is 439. The molecule has 3 N–H and O–H groups in total. The van der Waals surface area contributed by atoms with Gasteiger partial charge in [-0.3, -0.25) is 4.79 Å². The average Bonchev–Trinajstić information content (AvgIpc) is 2.46. The predicted octanol–water partition coefficient (Wildman–Crippen LogP) is 1.17. The fourth-order valence-electron chi connectivity index (χ4n) is 2.41. The van der Waals surface area contributed by atoms with Crippen molar-refractivity contribution in [3.05, 3.63) is 24.3 Å². The molecule has 0 aromatic heterocycles. The van der Waals surface area contributed by atoms with Gasteiger partial charge in [0.1, 0.15) is 5.75 Å². The number of hydrogen-bond acceptors (Lipinski definition) is 4. The van der Waals surface area contributed by atoms with Crippen LogP contribution in [0, 0.1) is 0 Å². The number of amides is 1. The van der Waals surface area contributed by atoms with Gasteiger partial charge in [-0.2, -0.15) is 0 Å². The molecule has 1 heterocycles. The third kappa shape index (κ3) is 3.87. The molecule has 5 heteroatoms. The molecule has 1 aromatic rings. The van der Waals surface area contributed by atoms with Crippen molar-refractivity contribution in [2.75, 3.05) is 31.6 Å². The van der Waals surface area contributed by atoms with Gasteiger partial charge in [0.2, 0.25) is 5.91 Å². The van der Waals surface area contributed by atoms with Gasteiger partial charge in [-0.25, -0.2) is 0 Å². The minimum Gasteiger partial charge on any atom is -0.508 e. The van der Waals surface area contributed by atoms with Gasteiger partial charge in [0, 0.05) is 44.8 Å². The van der Waals surface area contributed by atoms with Gasteiger partial charge in [0.15, 0.2) is 0 Å². The first-order valence-electron chi connectivity index (χ1n) is 7.10. The van der Waals surface area contributed by atoms with Crippen LogP contribution in [0.2, 0.25) is 0 Å². The largest absolute Gasteiger partial charge is 0.508 e. The number of anilines is 1. The predicted molar refractivity (Wildman–Crippen MR) is 79.8 cm³/mol. The molecule has 20 heavy (non-hydrogen) atoms. The molecule has 0 unspecified atom stereocenters. The van der Waals surface area contributed by atoms with Crippen LogP contribution in [0.5, 0.6) is 5.75 Å². The molecule has 2 rings (SSSR count). The van der Waals surface area contributed by atoms with Crippen LogP contribution in [-0.2, 0) is 4.79 Å². The summed E-state index contributed by atoms with van der Waals surface area (Å²) >= 11 is 0. The number of nitrogens with zero attached hydrogens (tertiary/aromatic N) is 2. The summed E-state index contributed by atoms with van der Waals surface area (Å²) in [5, 5.41) is 9.26. The zero-order valence-corrected chi connectivity index (χ0v) is 12.0. The van der Waals surface area contributed by atoms with E-state index >= 15 is 0 Å². The number of carbonyl (C=O) groups excluding carboxylic acids is 1. The van der Waals surface area contributed by atoms with Crippen molar-refractivity contribution in [2.24, 2.45) is 5.73 Å². The van der Waals surface area contributed by atoms with Gasteiger partial charge in [0.05, 0.1) is 0 Å². The number of phenols is 1. The van der Waals surface area contributed by atoms with E-state index in [0.29, 0.717) is 13.0 Å². The van der Waals surface area contributed by atoms with Gasteiger partial charge < -0.3 is 20.6 Å². The van der Waals surface area contributed by atoms with E-state index in [2.05, 4.69) is 0 Å². The molecular formula is C15H23N3O2. The van der Waals surface area contributed by atoms with Crippen LogP contribution in [0.4, 0.5) is 5.69 Å². The third-order valence-electron chi connectivity index (χ3n) is 3.84. The van der Waals surface area contributed by atoms with Crippen LogP contribution < -0.4 is 10.6 Å². The molecule has 0 spiro atoms. The minimum absolute atomic E-state index is 0.197. The maximum atomic E-state index is 12.1. The second-order valence-electron chi connectivity index (χ2n) is 5.41. The summed E-state index contributed by atoms with van der Waals surface area (Å²) in [7, 11) is 1.95. The molecular weight excluding hydrogens is 254 g/mol. The number of aromatic hydroxyl groups is 1. The SMILES string of the molecule is CN(CCC(=O)N1CCC(N)CC1)c1ccc(O)cc1. The van der Waals surface area contributed by atoms with Crippen LogP contribution in [0.25, 0.3) is 0 Å². The van der Waals surface area contributed by atoms with Gasteiger partial charge in [-0.1, -0.05) is 0 Å². The molecule has 1 aliphatic heterocycles. The van der Waals surface area contributed by atoms with Crippen molar-refractivity contribution in [1.29, 1.82) is 0 Å². The summed E-state index contributed by atoms with van der Waals surface area (Å²) in [4.78, 5) is 16.0. The number of likely N-dealkylation sites (tertiary alicyclic amines) is 1. The number of carbonyl (C=O) groups is 1. The summed E-state index contributed by atoms with van der Waals surface area (Å²) in [6, 6.07) is 7.25. The van der Waals surface area contributed by atoms with E-state index in [-0.39, 0.29) is 17.7 Å². The standard InChI is InChI=1S/C15H23N3O2/c1-17(13-2-4-14(19)5-3-13)9-8-15(20)18-10-6-12(16)7-11-18/h2-5,12,19H,6-11,16H2,1H3. The van der Waals surface area contributed by atoms with Crippen molar-refractivity contribution in [3.63, 3.8) is 0 Å². The number of nitrogens with two attached hydrogens (primary N) is 1. The summed E-state index contributed by atoms with van der Waals surface area (Å²) < 4.78 is 0. The van der Waals surface area contributed by atoms with Gasteiger partial charge in [-0.15, -0.1) is 0 Å². The van der Waals surface area contributed by atoms with Crippen molar-refractivity contribution >= 4 is 11.6 Å². The highest BCUT2D eigenvalue weighted by molar-refractivity contribution is 5.77. The Balaban J connectivity index is 1.79. The fourth-order valence-corrected chi connectivity index (χ4v) is 2.41. The summed E-state index contributed by atoms with van der Waals surface area (Å²) in [6.45, 7) is 2.23. The molecule has 0 atom stereocenters. The first-order valence-corrected chi connectivity index (χ1v) is 7.10. The van der Waals surface area contributed by atoms with Gasteiger partial charge in [0.25, 0.3) is 0 Å². The van der Waals surface area contributed by atoms with Crippen molar-refractivity contribution in [1.82, 2.24) is 4.90 Å². The van der Waals surface area contributed by atoms with Crippen LogP contribution in [0.1, 0.15) is 19.3 Å². The van der Waals surface area contributed by atoms with Crippen LogP contribution >= 0.6 is 0 Å². The molecule has 0 saturated carbocycles. The highest BCUT2D eigenvalue weighted by Gasteiger charge is 2.20. The van der Waals surface area contributed by atoms with E-state index in [9.17, 15) is 9.90 Å². The summed E-state index contributed by atoms with van der Waals surface area (Å²) in [6.07, 6.45) is 2.31. The van der Waals surface area contributed by atoms with Crippen molar-refractivity contribution in [2.45, 2.75) is 25.3 Å². The summed E-state index contributed by atoms with van der Waals surface area (Å²) in [5.41, 5.74) is 6.84. The molecule has 1 amide bonds. The normalized spacial score (nSPS) is 16.2. The molecule has 0 aliphatic carbocycles. The lowest BCUT2D eigenvalue weighted by molar-refractivity contribution is -0.132. The molecule has 110 valence electrons. The maximum absolute atomic E-state index is 12.1. The number of phenolic OH excluding ortho intramolecular Hbond substituents is 1. The molecule has 0 radical (unpaired) electrons. The van der Waals surface area contributed by atoms with Crippen molar-refractivity contribution in [3.8, 4) is 5.75 Å². The van der Waals surface area contributed by atoms with Crippen LogP contribution in [-0.4, -0.2) is 48.6 Å². The first-order chi connectivity index (χ1) is 9.56. The lowest BCUT2D eigenvalue weighted by Crippen LogP contribution is -2.43. The van der Waals surface area contributed by atoms with E-state index in [1.165, 1.54) is 0 Å². The number of piperidine rings is 1. The minimum atomic E-state index is 0.197. The molecule has 1 aliphatic rings. The second-order valence-corrected chi connectivity index (χ2v) is 5.41. The fraction of sp³-hybridized carbons (Fsp3) is 0.533. The maximum Gasteiger partial charge on any atom is 0.224 e. The Labute approximate surface area is 120 Å². The Morgan fingerprint density at radius 3 is 2.55 bits per heavy atom. The number of rotatable bonds is 4. The number of hydrogen-bond donors (Lipinski definition) is 2. The van der Waals surface area contributed by atoms with E-state index in [0.717, 1.165) is 31.6 Å². The Morgan fingerprint density at radius 2 is 1.95 bits per heavy atom. The average molecular weight is 277 g/mol. The van der Waals surface area contributed by atoms with E-state index in [1.807, 2.05) is 29.0 Å². The topological polar surface area (TPSA) is 69.8 Å². The Hall–Kier alpha value is -1.75. The second kappa shape index (κ2) is 6.61. The smallest absolute Gasteiger partial charge is 0.224 e. The van der Waals surface area contributed by atoms with Crippen molar-refractivity contribution < 1.29 is 9.90 Å². The molecule has 0 bridgehead atoms. The van der Waals surface area contributed by atoms with E-state index in [1.54, 1.807) is 12.1 Å². The summed E-state index contributed by atoms with van der Waals surface area (Å²) in [5.74, 6) is 0.449. The lowest BCUT2D eigenvalue weighted by Gasteiger charge is -2.31. The van der Waals surface area contributed by atoms with Gasteiger partial charge >= 0.3 is 0 Å².